The van der Waals surface area contributed by atoms with Gasteiger partial charge >= 0.3 is 5.97 Å². The second-order valence-corrected chi connectivity index (χ2v) is 3.85. The quantitative estimate of drug-likeness (QED) is 0.633. The summed E-state index contributed by atoms with van der Waals surface area (Å²) in [6.45, 7) is 4.12. The Hall–Kier alpha value is -0.570. The van der Waals surface area contributed by atoms with Crippen LogP contribution in [-0.4, -0.2) is 34.6 Å². The molecule has 0 atom stereocenters. The van der Waals surface area contributed by atoms with E-state index >= 15 is 0 Å². The van der Waals surface area contributed by atoms with Crippen molar-refractivity contribution in [2.24, 2.45) is 5.92 Å². The molecule has 3 heteroatoms. The summed E-state index contributed by atoms with van der Waals surface area (Å²) in [5, 5.41) is 8.88. The van der Waals surface area contributed by atoms with E-state index in [9.17, 15) is 4.79 Å². The zero-order chi connectivity index (χ0) is 8.06. The van der Waals surface area contributed by atoms with Crippen molar-refractivity contribution in [1.29, 1.82) is 0 Å². The molecule has 0 aromatic rings. The van der Waals surface area contributed by atoms with E-state index in [-0.39, 0.29) is 0 Å². The Morgan fingerprint density at radius 3 is 2.36 bits per heavy atom. The lowest BCUT2D eigenvalue weighted by Gasteiger charge is -2.41. The first kappa shape index (κ1) is 7.10. The molecule has 1 aliphatic heterocycles. The molecule has 0 radical (unpaired) electrons. The minimum Gasteiger partial charge on any atom is -0.480 e. The third-order valence-electron chi connectivity index (χ3n) is 2.79. The van der Waals surface area contributed by atoms with Crippen LogP contribution < -0.4 is 0 Å². The number of carboxylic acid groups (broad SMARTS) is 1. The summed E-state index contributed by atoms with van der Waals surface area (Å²) in [5.41, 5.74) is -0.424. The number of rotatable bonds is 2. The molecule has 0 unspecified atom stereocenters. The Balaban J connectivity index is 2.00. The first-order chi connectivity index (χ1) is 5.15. The summed E-state index contributed by atoms with van der Waals surface area (Å²) in [5.74, 6) is 0.0798. The monoisotopic (exact) mass is 155 g/mol. The van der Waals surface area contributed by atoms with Crippen molar-refractivity contribution in [3.05, 3.63) is 0 Å². The minimum atomic E-state index is -0.621. The topological polar surface area (TPSA) is 40.5 Å². The van der Waals surface area contributed by atoms with E-state index in [0.29, 0.717) is 5.92 Å². The maximum atomic E-state index is 10.8. The van der Waals surface area contributed by atoms with Crippen molar-refractivity contribution in [2.45, 2.75) is 25.3 Å². The molecule has 1 heterocycles. The molecule has 1 aliphatic carbocycles. The van der Waals surface area contributed by atoms with Crippen LogP contribution in [0, 0.1) is 5.92 Å². The fourth-order valence-electron chi connectivity index (χ4n) is 1.83. The third kappa shape index (κ3) is 0.872. The molecule has 0 spiro atoms. The largest absolute Gasteiger partial charge is 0.480 e. The predicted octanol–water partition coefficient (Wildman–Crippen LogP) is 0.555. The average Bonchev–Trinajstić information content (AvgIpc) is 2.60. The molecule has 11 heavy (non-hydrogen) atoms. The van der Waals surface area contributed by atoms with Crippen LogP contribution in [0.25, 0.3) is 0 Å². The molecule has 0 bridgehead atoms. The molecule has 1 saturated heterocycles. The van der Waals surface area contributed by atoms with Crippen molar-refractivity contribution in [3.8, 4) is 0 Å². The summed E-state index contributed by atoms with van der Waals surface area (Å²) in [4.78, 5) is 12.9. The lowest BCUT2D eigenvalue weighted by molar-refractivity contribution is -0.148. The van der Waals surface area contributed by atoms with E-state index in [1.165, 1.54) is 0 Å². The van der Waals surface area contributed by atoms with Gasteiger partial charge in [0.15, 0.2) is 0 Å². The Kier molecular flexibility index (Phi) is 1.27. The second-order valence-electron chi connectivity index (χ2n) is 3.85. The average molecular weight is 155 g/mol. The van der Waals surface area contributed by atoms with E-state index in [4.69, 9.17) is 5.11 Å². The zero-order valence-electron chi connectivity index (χ0n) is 6.71. The van der Waals surface area contributed by atoms with Gasteiger partial charge in [-0.05, 0) is 18.8 Å². The molecule has 2 rings (SSSR count). The SMILES string of the molecule is CC1CN(C2(C(=O)O)CC2)C1. The van der Waals surface area contributed by atoms with Crippen LogP contribution in [0.4, 0.5) is 0 Å². The highest BCUT2D eigenvalue weighted by Gasteiger charge is 2.57. The fraction of sp³-hybridized carbons (Fsp3) is 0.875. The molecule has 0 aromatic carbocycles. The molecule has 1 saturated carbocycles. The normalized spacial score (nSPS) is 29.5. The van der Waals surface area contributed by atoms with Crippen LogP contribution in [0.5, 0.6) is 0 Å². The number of hydrogen-bond acceptors (Lipinski definition) is 2. The maximum Gasteiger partial charge on any atom is 0.324 e. The summed E-state index contributed by atoms with van der Waals surface area (Å²) >= 11 is 0. The molecule has 62 valence electrons. The number of carbonyl (C=O) groups is 1. The number of nitrogens with zero attached hydrogens (tertiary/aromatic N) is 1. The molecule has 2 fully saturated rings. The van der Waals surface area contributed by atoms with Gasteiger partial charge in [0.05, 0.1) is 0 Å². The van der Waals surface area contributed by atoms with Crippen LogP contribution in [0.3, 0.4) is 0 Å². The molecule has 0 aromatic heterocycles. The van der Waals surface area contributed by atoms with Gasteiger partial charge in [0, 0.05) is 13.1 Å². The summed E-state index contributed by atoms with van der Waals surface area (Å²) < 4.78 is 0. The van der Waals surface area contributed by atoms with Gasteiger partial charge in [0.1, 0.15) is 5.54 Å². The second kappa shape index (κ2) is 1.97. The number of aliphatic carboxylic acids is 1. The molecular formula is C8H13NO2. The Morgan fingerprint density at radius 2 is 2.09 bits per heavy atom. The van der Waals surface area contributed by atoms with Crippen molar-refractivity contribution >= 4 is 5.97 Å². The van der Waals surface area contributed by atoms with Gasteiger partial charge in [-0.1, -0.05) is 6.92 Å². The highest BCUT2D eigenvalue weighted by atomic mass is 16.4. The minimum absolute atomic E-state index is 0.424. The van der Waals surface area contributed by atoms with Crippen molar-refractivity contribution in [3.63, 3.8) is 0 Å². The van der Waals surface area contributed by atoms with Crippen molar-refractivity contribution in [2.75, 3.05) is 13.1 Å². The van der Waals surface area contributed by atoms with E-state index in [2.05, 4.69) is 11.8 Å². The van der Waals surface area contributed by atoms with Gasteiger partial charge in [-0.25, -0.2) is 0 Å². The van der Waals surface area contributed by atoms with Crippen LogP contribution in [0.1, 0.15) is 19.8 Å². The number of carboxylic acids is 1. The number of likely N-dealkylation sites (tertiary alicyclic amines) is 1. The van der Waals surface area contributed by atoms with E-state index in [0.717, 1.165) is 25.9 Å². The fourth-order valence-corrected chi connectivity index (χ4v) is 1.83. The Labute approximate surface area is 66.0 Å². The molecule has 0 amide bonds. The van der Waals surface area contributed by atoms with Crippen molar-refractivity contribution < 1.29 is 9.90 Å². The number of hydrogen-bond donors (Lipinski definition) is 1. The van der Waals surface area contributed by atoms with Crippen LogP contribution >= 0.6 is 0 Å². The van der Waals surface area contributed by atoms with E-state index in [1.807, 2.05) is 0 Å². The lowest BCUT2D eigenvalue weighted by atomic mass is 9.99. The Morgan fingerprint density at radius 1 is 1.55 bits per heavy atom. The van der Waals surface area contributed by atoms with Gasteiger partial charge < -0.3 is 5.11 Å². The molecule has 3 nitrogen and oxygen atoms in total. The van der Waals surface area contributed by atoms with Gasteiger partial charge in [-0.3, -0.25) is 9.69 Å². The summed E-state index contributed by atoms with van der Waals surface area (Å²) in [6.07, 6.45) is 1.71. The van der Waals surface area contributed by atoms with Crippen LogP contribution in [-0.2, 0) is 4.79 Å². The van der Waals surface area contributed by atoms with E-state index in [1.54, 1.807) is 0 Å². The molecular weight excluding hydrogens is 142 g/mol. The first-order valence-electron chi connectivity index (χ1n) is 4.13. The molecule has 2 aliphatic rings. The highest BCUT2D eigenvalue weighted by molar-refractivity contribution is 5.82. The lowest BCUT2D eigenvalue weighted by Crippen LogP contribution is -2.55. The van der Waals surface area contributed by atoms with Gasteiger partial charge in [-0.2, -0.15) is 0 Å². The van der Waals surface area contributed by atoms with Gasteiger partial charge in [-0.15, -0.1) is 0 Å². The van der Waals surface area contributed by atoms with Crippen molar-refractivity contribution in [1.82, 2.24) is 4.90 Å². The first-order valence-corrected chi connectivity index (χ1v) is 4.13. The summed E-state index contributed by atoms with van der Waals surface area (Å²) in [7, 11) is 0. The van der Waals surface area contributed by atoms with Gasteiger partial charge in [0.2, 0.25) is 0 Å². The zero-order valence-corrected chi connectivity index (χ0v) is 6.71. The predicted molar refractivity (Wildman–Crippen MR) is 40.3 cm³/mol. The highest BCUT2D eigenvalue weighted by Crippen LogP contribution is 2.45. The van der Waals surface area contributed by atoms with E-state index < -0.39 is 11.5 Å². The summed E-state index contributed by atoms with van der Waals surface area (Å²) in [6, 6.07) is 0. The van der Waals surface area contributed by atoms with Crippen LogP contribution in [0.2, 0.25) is 0 Å². The molecule has 1 N–H and O–H groups in total. The standard InChI is InChI=1S/C8H13NO2/c1-6-4-9(5-6)8(2-3-8)7(10)11/h6H,2-5H2,1H3,(H,10,11). The van der Waals surface area contributed by atoms with Gasteiger partial charge in [0.25, 0.3) is 0 Å². The maximum absolute atomic E-state index is 10.8. The Bertz CT molecular complexity index is 192. The van der Waals surface area contributed by atoms with Crippen LogP contribution in [0.15, 0.2) is 0 Å². The smallest absolute Gasteiger partial charge is 0.324 e. The third-order valence-corrected chi connectivity index (χ3v) is 2.79.